The Labute approximate surface area is 128 Å². The molecule has 0 radical (unpaired) electrons. The summed E-state index contributed by atoms with van der Waals surface area (Å²) < 4.78 is 37.0. The number of benzene rings is 1. The maximum atomic E-state index is 13.2. The van der Waals surface area contributed by atoms with E-state index in [9.17, 15) is 13.6 Å². The van der Waals surface area contributed by atoms with Crippen LogP contribution >= 0.6 is 0 Å². The minimum absolute atomic E-state index is 0.0545. The van der Waals surface area contributed by atoms with Crippen LogP contribution in [-0.2, 0) is 14.3 Å². The summed E-state index contributed by atoms with van der Waals surface area (Å²) in [6.45, 7) is 4.48. The van der Waals surface area contributed by atoms with E-state index in [2.05, 4.69) is 5.32 Å². The van der Waals surface area contributed by atoms with Gasteiger partial charge in [0.1, 0.15) is 6.10 Å². The first-order chi connectivity index (χ1) is 10.5. The fourth-order valence-electron chi connectivity index (χ4n) is 2.30. The van der Waals surface area contributed by atoms with Gasteiger partial charge in [-0.2, -0.15) is 0 Å². The van der Waals surface area contributed by atoms with Gasteiger partial charge >= 0.3 is 0 Å². The van der Waals surface area contributed by atoms with Crippen molar-refractivity contribution in [1.29, 1.82) is 0 Å². The van der Waals surface area contributed by atoms with Crippen LogP contribution in [0.4, 0.5) is 8.78 Å². The van der Waals surface area contributed by atoms with Crippen molar-refractivity contribution >= 4 is 5.91 Å². The average Bonchev–Trinajstić information content (AvgIpc) is 3.00. The molecule has 1 aliphatic heterocycles. The molecule has 4 nitrogen and oxygen atoms in total. The lowest BCUT2D eigenvalue weighted by Gasteiger charge is -2.19. The number of carbonyl (C=O) groups excluding carboxylic acids is 1. The smallest absolute Gasteiger partial charge is 0.249 e. The Morgan fingerprint density at radius 2 is 2.18 bits per heavy atom. The van der Waals surface area contributed by atoms with E-state index >= 15 is 0 Å². The summed E-state index contributed by atoms with van der Waals surface area (Å²) in [5.41, 5.74) is 0.499. The topological polar surface area (TPSA) is 47.6 Å². The maximum Gasteiger partial charge on any atom is 0.249 e. The molecule has 3 atom stereocenters. The Balaban J connectivity index is 1.82. The molecule has 0 aromatic heterocycles. The summed E-state index contributed by atoms with van der Waals surface area (Å²) in [6.07, 6.45) is 1.39. The minimum atomic E-state index is -0.929. The third-order valence-electron chi connectivity index (χ3n) is 3.73. The van der Waals surface area contributed by atoms with Gasteiger partial charge in [0.15, 0.2) is 11.6 Å². The number of ether oxygens (including phenoxy) is 2. The van der Waals surface area contributed by atoms with Gasteiger partial charge in [-0.05, 0) is 44.4 Å². The first-order valence-electron chi connectivity index (χ1n) is 7.46. The third-order valence-corrected chi connectivity index (χ3v) is 3.73. The van der Waals surface area contributed by atoms with Crippen molar-refractivity contribution in [3.8, 4) is 0 Å². The number of amides is 1. The SMILES string of the molecule is C[C@H](OC[C@@H]1CCCO1)C(=O)N[C@H](C)c1ccc(F)c(F)c1. The molecular weight excluding hydrogens is 292 g/mol. The molecule has 6 heteroatoms. The monoisotopic (exact) mass is 313 g/mol. The number of hydrogen-bond donors (Lipinski definition) is 1. The lowest BCUT2D eigenvalue weighted by Crippen LogP contribution is -2.37. The van der Waals surface area contributed by atoms with E-state index in [1.807, 2.05) is 0 Å². The second kappa shape index (κ2) is 7.65. The lowest BCUT2D eigenvalue weighted by molar-refractivity contribution is -0.134. The summed E-state index contributed by atoms with van der Waals surface area (Å²) in [4.78, 5) is 12.0. The Morgan fingerprint density at radius 3 is 2.82 bits per heavy atom. The molecule has 0 unspecified atom stereocenters. The highest BCUT2D eigenvalue weighted by molar-refractivity contribution is 5.80. The molecule has 22 heavy (non-hydrogen) atoms. The molecule has 1 aromatic carbocycles. The predicted octanol–water partition coefficient (Wildman–Crippen LogP) is 2.73. The summed E-state index contributed by atoms with van der Waals surface area (Å²) in [6, 6.07) is 3.14. The number of rotatable bonds is 6. The number of hydrogen-bond acceptors (Lipinski definition) is 3. The quantitative estimate of drug-likeness (QED) is 0.878. The molecule has 1 fully saturated rings. The standard InChI is InChI=1S/C16H21F2NO3/c1-10(12-5-6-14(17)15(18)8-12)19-16(20)11(2)22-9-13-4-3-7-21-13/h5-6,8,10-11,13H,3-4,7,9H2,1-2H3,(H,19,20)/t10-,11+,13+/m1/s1. The second-order valence-corrected chi connectivity index (χ2v) is 5.51. The lowest BCUT2D eigenvalue weighted by atomic mass is 10.1. The van der Waals surface area contributed by atoms with Gasteiger partial charge in [0.2, 0.25) is 5.91 Å². The largest absolute Gasteiger partial charge is 0.376 e. The van der Waals surface area contributed by atoms with E-state index < -0.39 is 23.8 Å². The van der Waals surface area contributed by atoms with E-state index in [-0.39, 0.29) is 12.0 Å². The van der Waals surface area contributed by atoms with Gasteiger partial charge in [0.05, 0.1) is 18.8 Å². The zero-order chi connectivity index (χ0) is 16.1. The molecule has 1 amide bonds. The van der Waals surface area contributed by atoms with Crippen molar-refractivity contribution in [1.82, 2.24) is 5.32 Å². The summed E-state index contributed by atoms with van der Waals surface area (Å²) >= 11 is 0. The molecular formula is C16H21F2NO3. The Kier molecular flexibility index (Phi) is 5.85. The van der Waals surface area contributed by atoms with Crippen LogP contribution in [0.2, 0.25) is 0 Å². The molecule has 1 heterocycles. The van der Waals surface area contributed by atoms with Gasteiger partial charge < -0.3 is 14.8 Å². The van der Waals surface area contributed by atoms with Gasteiger partial charge in [-0.1, -0.05) is 6.07 Å². The molecule has 2 rings (SSSR count). The van der Waals surface area contributed by atoms with Crippen LogP contribution in [0.1, 0.15) is 38.3 Å². The van der Waals surface area contributed by atoms with E-state index in [0.717, 1.165) is 31.6 Å². The van der Waals surface area contributed by atoms with Gasteiger partial charge in [-0.25, -0.2) is 8.78 Å². The zero-order valence-electron chi connectivity index (χ0n) is 12.8. The fraction of sp³-hybridized carbons (Fsp3) is 0.562. The highest BCUT2D eigenvalue weighted by Gasteiger charge is 2.21. The second-order valence-electron chi connectivity index (χ2n) is 5.51. The highest BCUT2D eigenvalue weighted by Crippen LogP contribution is 2.17. The van der Waals surface area contributed by atoms with Crippen LogP contribution in [0.25, 0.3) is 0 Å². The Morgan fingerprint density at radius 1 is 1.41 bits per heavy atom. The Bertz CT molecular complexity index is 518. The number of carbonyl (C=O) groups is 1. The van der Waals surface area contributed by atoms with Gasteiger partial charge in [0.25, 0.3) is 0 Å². The van der Waals surface area contributed by atoms with Gasteiger partial charge in [-0.15, -0.1) is 0 Å². The van der Waals surface area contributed by atoms with Crippen LogP contribution in [-0.4, -0.2) is 31.3 Å². The first kappa shape index (κ1) is 16.8. The molecule has 122 valence electrons. The fourth-order valence-corrected chi connectivity index (χ4v) is 2.30. The van der Waals surface area contributed by atoms with E-state index in [1.165, 1.54) is 6.07 Å². The van der Waals surface area contributed by atoms with Crippen molar-refractivity contribution in [2.24, 2.45) is 0 Å². The van der Waals surface area contributed by atoms with Crippen LogP contribution in [0, 0.1) is 11.6 Å². The molecule has 1 aromatic rings. The van der Waals surface area contributed by atoms with Crippen LogP contribution < -0.4 is 5.32 Å². The molecule has 1 N–H and O–H groups in total. The van der Waals surface area contributed by atoms with Crippen molar-refractivity contribution in [2.75, 3.05) is 13.2 Å². The van der Waals surface area contributed by atoms with E-state index in [1.54, 1.807) is 13.8 Å². The van der Waals surface area contributed by atoms with Crippen LogP contribution in [0.3, 0.4) is 0 Å². The third kappa shape index (κ3) is 4.48. The summed E-state index contributed by atoms with van der Waals surface area (Å²) in [5, 5.41) is 2.72. The molecule has 0 aliphatic carbocycles. The van der Waals surface area contributed by atoms with E-state index in [4.69, 9.17) is 9.47 Å². The maximum absolute atomic E-state index is 13.2. The average molecular weight is 313 g/mol. The van der Waals surface area contributed by atoms with Crippen molar-refractivity contribution < 1.29 is 23.0 Å². The van der Waals surface area contributed by atoms with Gasteiger partial charge in [-0.3, -0.25) is 4.79 Å². The van der Waals surface area contributed by atoms with Crippen LogP contribution in [0.15, 0.2) is 18.2 Å². The summed E-state index contributed by atoms with van der Waals surface area (Å²) in [7, 11) is 0. The highest BCUT2D eigenvalue weighted by atomic mass is 19.2. The molecule has 0 bridgehead atoms. The zero-order valence-corrected chi connectivity index (χ0v) is 12.8. The molecule has 1 saturated heterocycles. The predicted molar refractivity (Wildman–Crippen MR) is 77.3 cm³/mol. The normalized spacial score (nSPS) is 20.6. The van der Waals surface area contributed by atoms with Crippen molar-refractivity contribution in [3.63, 3.8) is 0 Å². The first-order valence-corrected chi connectivity index (χ1v) is 7.46. The number of nitrogens with one attached hydrogen (secondary N) is 1. The molecule has 0 saturated carbocycles. The minimum Gasteiger partial charge on any atom is -0.376 e. The Hall–Kier alpha value is -1.53. The number of halogens is 2. The molecule has 0 spiro atoms. The van der Waals surface area contributed by atoms with Crippen molar-refractivity contribution in [3.05, 3.63) is 35.4 Å². The van der Waals surface area contributed by atoms with Crippen molar-refractivity contribution in [2.45, 2.75) is 44.9 Å². The van der Waals surface area contributed by atoms with Gasteiger partial charge in [0, 0.05) is 6.61 Å². The van der Waals surface area contributed by atoms with E-state index in [0.29, 0.717) is 12.2 Å². The van der Waals surface area contributed by atoms with Crippen LogP contribution in [0.5, 0.6) is 0 Å². The molecule has 1 aliphatic rings. The summed E-state index contributed by atoms with van der Waals surface area (Å²) in [5.74, 6) is -2.13.